The van der Waals surface area contributed by atoms with E-state index in [4.69, 9.17) is 33.4 Å². The quantitative estimate of drug-likeness (QED) is 0.0167. The highest BCUT2D eigenvalue weighted by Crippen LogP contribution is 2.24. The molecule has 25 N–H and O–H groups in total. The number of hydrogen-bond donors (Lipinski definition) is 20. The van der Waals surface area contributed by atoms with Crippen LogP contribution in [0.25, 0.3) is 21.7 Å². The zero-order chi connectivity index (χ0) is 86.1. The lowest BCUT2D eigenvalue weighted by Crippen LogP contribution is -2.64. The average molecular weight is 1650 g/mol. The SMILES string of the molecule is COc1ccc(C[C@H](NC(=O)[C@@H]2CSCC[C@H](NC(C)=O)C(=O)N[C@@H](CCC(N)=O)C(=O)N[C@@H]([C@@H](C)O)C(=O)N[C@@H](Cc3c[nH]c4ccccc34)C(=O)N[C@@H](CCC(N)=O)C(=O)N2)C(=O)N[C@@H](Cc2ccc3ccccc3c2)C(=O)N[C@@](C)(CCCCN)C(=O)N[C@@H](CCCCNC(C)=O)C(=O)N[C@@H](CC(N)=O)C(=O)NCC(N)=O)cc1. The molecular weight excluding hydrogens is 1540 g/mol. The number of benzene rings is 4. The molecule has 0 aliphatic carbocycles. The molecule has 1 aliphatic heterocycles. The molecule has 634 valence electrons. The fraction of sp³-hybridized carbons (Fsp3) is 0.474. The summed E-state index contributed by atoms with van der Waals surface area (Å²) in [4.78, 5) is 239. The van der Waals surface area contributed by atoms with Gasteiger partial charge in [0.15, 0.2) is 0 Å². The van der Waals surface area contributed by atoms with Gasteiger partial charge in [-0.1, -0.05) is 72.8 Å². The van der Waals surface area contributed by atoms with E-state index in [2.05, 4.69) is 74.1 Å². The highest BCUT2D eigenvalue weighted by Gasteiger charge is 2.42. The number of aromatic amines is 1. The van der Waals surface area contributed by atoms with Gasteiger partial charge in [-0.25, -0.2) is 0 Å². The maximum atomic E-state index is 15.7. The van der Waals surface area contributed by atoms with Gasteiger partial charge in [-0.05, 0) is 130 Å². The van der Waals surface area contributed by atoms with Crippen molar-refractivity contribution in [2.24, 2.45) is 28.7 Å². The number of para-hydroxylation sites is 1. The third kappa shape index (κ3) is 30.8. The molecule has 17 amide bonds. The van der Waals surface area contributed by atoms with Crippen LogP contribution in [0, 0.1) is 0 Å². The molecule has 2 heterocycles. The minimum absolute atomic E-state index is 0.130. The van der Waals surface area contributed by atoms with Gasteiger partial charge < -0.3 is 113 Å². The molecule has 1 aromatic heterocycles. The predicted octanol–water partition coefficient (Wildman–Crippen LogP) is -3.94. The first kappa shape index (κ1) is 93.6. The number of aliphatic hydroxyl groups is 1. The third-order valence-electron chi connectivity index (χ3n) is 19.1. The zero-order valence-electron chi connectivity index (χ0n) is 65.8. The number of aliphatic hydroxyl groups excluding tert-OH is 1. The van der Waals surface area contributed by atoms with Crippen LogP contribution >= 0.6 is 11.8 Å². The first-order valence-electron chi connectivity index (χ1n) is 38.2. The number of amides is 17. The first-order valence-corrected chi connectivity index (χ1v) is 39.3. The van der Waals surface area contributed by atoms with Gasteiger partial charge in [0.2, 0.25) is 100 Å². The zero-order valence-corrected chi connectivity index (χ0v) is 66.6. The normalized spacial score (nSPS) is 18.8. The number of primary amides is 4. The van der Waals surface area contributed by atoms with Gasteiger partial charge in [-0.15, -0.1) is 0 Å². The molecule has 1 aliphatic rings. The molecule has 6 rings (SSSR count). The predicted molar refractivity (Wildman–Crippen MR) is 430 cm³/mol. The van der Waals surface area contributed by atoms with Crippen molar-refractivity contribution in [3.05, 3.63) is 114 Å². The van der Waals surface area contributed by atoms with Crippen LogP contribution in [0.3, 0.4) is 0 Å². The molecule has 4 aromatic carbocycles. The van der Waals surface area contributed by atoms with E-state index in [1.807, 2.05) is 18.2 Å². The fourth-order valence-corrected chi connectivity index (χ4v) is 13.8. The largest absolute Gasteiger partial charge is 0.497 e. The molecule has 1 saturated heterocycles. The number of unbranched alkanes of at least 4 members (excludes halogenated alkanes) is 2. The molecule has 39 heteroatoms. The summed E-state index contributed by atoms with van der Waals surface area (Å²) in [6.45, 7) is 4.52. The van der Waals surface area contributed by atoms with E-state index in [-0.39, 0.29) is 82.5 Å². The van der Waals surface area contributed by atoms with Gasteiger partial charge in [-0.2, -0.15) is 11.8 Å². The minimum Gasteiger partial charge on any atom is -0.497 e. The lowest BCUT2D eigenvalue weighted by molar-refractivity contribution is -0.138. The van der Waals surface area contributed by atoms with Crippen molar-refractivity contribution in [2.45, 2.75) is 196 Å². The van der Waals surface area contributed by atoms with Gasteiger partial charge in [0, 0.05) is 75.3 Å². The molecule has 38 nitrogen and oxygen atoms in total. The molecule has 0 unspecified atom stereocenters. The van der Waals surface area contributed by atoms with Gasteiger partial charge in [0.25, 0.3) is 0 Å². The number of nitrogens with one attached hydrogen (secondary N) is 14. The van der Waals surface area contributed by atoms with Crippen LogP contribution in [0.4, 0.5) is 0 Å². The monoisotopic (exact) mass is 1650 g/mol. The maximum Gasteiger partial charge on any atom is 0.246 e. The van der Waals surface area contributed by atoms with Crippen LogP contribution in [0.5, 0.6) is 5.75 Å². The van der Waals surface area contributed by atoms with Crippen LogP contribution in [0.1, 0.15) is 121 Å². The number of carbonyl (C=O) groups is 17. The highest BCUT2D eigenvalue weighted by atomic mass is 32.2. The van der Waals surface area contributed by atoms with Crippen molar-refractivity contribution >= 4 is 134 Å². The smallest absolute Gasteiger partial charge is 0.246 e. The number of ether oxygens (including phenoxy) is 1. The van der Waals surface area contributed by atoms with Crippen LogP contribution in [0.15, 0.2) is 97.2 Å². The van der Waals surface area contributed by atoms with Crippen molar-refractivity contribution in [1.82, 2.24) is 74.1 Å². The number of aromatic nitrogens is 1. The van der Waals surface area contributed by atoms with Crippen molar-refractivity contribution in [1.29, 1.82) is 0 Å². The summed E-state index contributed by atoms with van der Waals surface area (Å²) in [7, 11) is 1.42. The van der Waals surface area contributed by atoms with Crippen LogP contribution in [-0.4, -0.2) is 221 Å². The Morgan fingerprint density at radius 3 is 1.83 bits per heavy atom. The van der Waals surface area contributed by atoms with Gasteiger partial charge in [-0.3, -0.25) is 81.5 Å². The van der Waals surface area contributed by atoms with E-state index in [9.17, 15) is 57.8 Å². The van der Waals surface area contributed by atoms with E-state index in [0.717, 1.165) is 36.4 Å². The number of nitrogens with two attached hydrogens (primary N) is 5. The van der Waals surface area contributed by atoms with Gasteiger partial charge in [0.1, 0.15) is 71.7 Å². The highest BCUT2D eigenvalue weighted by molar-refractivity contribution is 7.99. The van der Waals surface area contributed by atoms with E-state index in [0.29, 0.717) is 39.8 Å². The summed E-state index contributed by atoms with van der Waals surface area (Å²) < 4.78 is 5.42. The third-order valence-corrected chi connectivity index (χ3v) is 20.2. The number of methoxy groups -OCH3 is 1. The average Bonchev–Trinajstić information content (AvgIpc) is 1.77. The Labute approximate surface area is 678 Å². The summed E-state index contributed by atoms with van der Waals surface area (Å²) in [6, 6.07) is 8.95. The van der Waals surface area contributed by atoms with Crippen LogP contribution < -0.4 is 103 Å². The number of thioether (sulfide) groups is 1. The second-order valence-electron chi connectivity index (χ2n) is 28.7. The number of H-pyrrole nitrogens is 1. The van der Waals surface area contributed by atoms with Crippen molar-refractivity contribution in [3.8, 4) is 5.75 Å². The summed E-state index contributed by atoms with van der Waals surface area (Å²) >= 11 is 0.934. The minimum atomic E-state index is -1.99. The number of carbonyl (C=O) groups excluding carboxylic acids is 17. The van der Waals surface area contributed by atoms with Crippen molar-refractivity contribution in [3.63, 3.8) is 0 Å². The second kappa shape index (κ2) is 46.3. The first-order chi connectivity index (χ1) is 55.6. The van der Waals surface area contributed by atoms with E-state index in [1.165, 1.54) is 21.0 Å². The van der Waals surface area contributed by atoms with Gasteiger partial charge >= 0.3 is 0 Å². The summed E-state index contributed by atoms with van der Waals surface area (Å²) in [6.07, 6.45) is -3.57. The Morgan fingerprint density at radius 1 is 0.598 bits per heavy atom. The number of rotatable bonds is 39. The summed E-state index contributed by atoms with van der Waals surface area (Å²) in [5.74, 6) is -16.5. The van der Waals surface area contributed by atoms with E-state index in [1.54, 1.807) is 79.0 Å². The Morgan fingerprint density at radius 2 is 1.20 bits per heavy atom. The van der Waals surface area contributed by atoms with Crippen molar-refractivity contribution < 1.29 is 91.4 Å². The lowest BCUT2D eigenvalue weighted by Gasteiger charge is -2.34. The fourth-order valence-electron chi connectivity index (χ4n) is 12.8. The van der Waals surface area contributed by atoms with Crippen LogP contribution in [0.2, 0.25) is 0 Å². The molecule has 5 aromatic rings. The van der Waals surface area contributed by atoms with Crippen LogP contribution in [-0.2, 0) is 101 Å². The standard InChI is InChI=1S/C78H107N19O19S/c1-42(98)66-76(114)93-59(37-49-39-85-52-17-9-8-16-51(49)52)73(111)89-54(25-27-62(80)101)69(107)94-61(41-117-33-29-56(87-44(3)100)70(108)88-55(71(109)96-66)26-28-63(81)102)74(112)90-57(35-45-20-23-50(116-5)24-21-45)72(110)91-58(36-46-19-22-47-14-6-7-15-48(47)34-46)75(113)97-78(4,30-11-12-31-79)77(115)95-53(18-10-13-32-84-43(2)99)68(106)92-60(38-64(82)103)67(105)86-40-65(83)104/h6-9,14-17,19-24,34,39,42,53-61,66,85,98H,10-13,18,25-33,35-38,40-41,79H2,1-5H3,(H2,80,101)(H2,81,102)(H2,82,103)(H2,83,104)(H,84,99)(H,86,105)(H,87,100)(H,88,108)(H,89,111)(H,90,112)(H,91,110)(H,92,106)(H,93,114)(H,94,107)(H,95,115)(H,96,109)(H,97,113)/t42-,53+,54+,55+,56+,57+,58+,59+,60+,61+,66+,78+/m1/s1. The topological polar surface area (TPSA) is 622 Å². The van der Waals surface area contributed by atoms with Gasteiger partial charge in [0.05, 0.1) is 26.2 Å². The molecule has 12 atom stereocenters. The Kier molecular flexibility index (Phi) is 37.1. The summed E-state index contributed by atoms with van der Waals surface area (Å²) in [5, 5.41) is 46.7. The Balaban J connectivity index is 1.45. The number of hydrogen-bond acceptors (Lipinski definition) is 21. The van der Waals surface area contributed by atoms with E-state index < -0.39 is 211 Å². The maximum absolute atomic E-state index is 15.7. The summed E-state index contributed by atoms with van der Waals surface area (Å²) in [5.41, 5.74) is 27.7. The second-order valence-corrected chi connectivity index (χ2v) is 29.9. The Bertz CT molecular complexity index is 4390. The molecule has 0 radical (unpaired) electrons. The molecule has 0 saturated carbocycles. The molecule has 117 heavy (non-hydrogen) atoms. The lowest BCUT2D eigenvalue weighted by atomic mass is 9.91. The number of fused-ring (bicyclic) bond motifs is 2. The van der Waals surface area contributed by atoms with E-state index >= 15 is 28.8 Å². The molecule has 0 spiro atoms. The Hall–Kier alpha value is -12.3. The molecular formula is C78H107N19O19S. The van der Waals surface area contributed by atoms with Crippen molar-refractivity contribution in [2.75, 3.05) is 38.2 Å². The molecule has 0 bridgehead atoms. The molecule has 1 fully saturated rings.